The first-order valence-corrected chi connectivity index (χ1v) is 5.98. The van der Waals surface area contributed by atoms with Crippen LogP contribution in [-0.2, 0) is 12.8 Å². The molecule has 0 spiro atoms. The highest BCUT2D eigenvalue weighted by molar-refractivity contribution is 5.18. The Bertz CT molecular complexity index is 497. The second kappa shape index (κ2) is 4.28. The number of nitrogens with zero attached hydrogens (tertiary/aromatic N) is 1. The Labute approximate surface area is 94.3 Å². The van der Waals surface area contributed by atoms with Crippen molar-refractivity contribution in [2.45, 2.75) is 52.0 Å². The zero-order valence-electron chi connectivity index (χ0n) is 9.88. The van der Waals surface area contributed by atoms with Gasteiger partial charge in [0, 0.05) is 17.3 Å². The summed E-state index contributed by atoms with van der Waals surface area (Å²) in [7, 11) is 0. The van der Waals surface area contributed by atoms with Crippen LogP contribution in [0.2, 0.25) is 0 Å². The molecule has 0 unspecified atom stereocenters. The van der Waals surface area contributed by atoms with Gasteiger partial charge in [0.05, 0.1) is 0 Å². The first-order chi connectivity index (χ1) is 7.61. The van der Waals surface area contributed by atoms with E-state index in [1.807, 2.05) is 13.8 Å². The van der Waals surface area contributed by atoms with Crippen LogP contribution in [0.4, 0.5) is 0 Å². The monoisotopic (exact) mass is 222 g/mol. The van der Waals surface area contributed by atoms with Gasteiger partial charge in [-0.15, -0.1) is 0 Å². The summed E-state index contributed by atoms with van der Waals surface area (Å²) in [5.74, 6) is 0. The van der Waals surface area contributed by atoms with E-state index in [1.165, 1.54) is 4.57 Å². The molecule has 1 heterocycles. The zero-order valence-corrected chi connectivity index (χ0v) is 9.88. The molecule has 88 valence electrons. The van der Waals surface area contributed by atoms with Gasteiger partial charge in [-0.1, -0.05) is 6.42 Å². The van der Waals surface area contributed by atoms with E-state index >= 15 is 0 Å². The smallest absolute Gasteiger partial charge is 0.311 e. The van der Waals surface area contributed by atoms with Crippen LogP contribution in [0.3, 0.4) is 0 Å². The maximum atomic E-state index is 12.2. The molecule has 0 aliphatic heterocycles. The highest BCUT2D eigenvalue weighted by atomic mass is 16.2. The molecule has 2 rings (SSSR count). The summed E-state index contributed by atoms with van der Waals surface area (Å²) >= 11 is 0. The van der Waals surface area contributed by atoms with Crippen LogP contribution in [0, 0.1) is 0 Å². The lowest BCUT2D eigenvalue weighted by Crippen LogP contribution is -2.39. The fourth-order valence-electron chi connectivity index (χ4n) is 2.35. The molecule has 0 saturated heterocycles. The van der Waals surface area contributed by atoms with E-state index in [1.54, 1.807) is 0 Å². The molecule has 1 aliphatic carbocycles. The average molecular weight is 222 g/mol. The summed E-state index contributed by atoms with van der Waals surface area (Å²) in [6.45, 7) is 3.72. The number of aryl methyl sites for hydroxylation is 1. The Hall–Kier alpha value is -1.32. The molecule has 1 aromatic heterocycles. The number of aromatic amines is 1. The lowest BCUT2D eigenvalue weighted by atomic mass is 10.1. The Morgan fingerprint density at radius 2 is 1.81 bits per heavy atom. The number of nitrogens with one attached hydrogen (secondary N) is 1. The Balaban J connectivity index is 2.66. The van der Waals surface area contributed by atoms with Crippen LogP contribution in [0.1, 0.15) is 50.4 Å². The van der Waals surface area contributed by atoms with Crippen molar-refractivity contribution in [3.63, 3.8) is 0 Å². The second-order valence-electron chi connectivity index (χ2n) is 4.72. The molecule has 16 heavy (non-hydrogen) atoms. The molecule has 0 saturated carbocycles. The van der Waals surface area contributed by atoms with Gasteiger partial charge in [-0.05, 0) is 39.5 Å². The summed E-state index contributed by atoms with van der Waals surface area (Å²) < 4.78 is 1.32. The molecule has 0 radical (unpaired) electrons. The van der Waals surface area contributed by atoms with Crippen LogP contribution in [-0.4, -0.2) is 9.55 Å². The first-order valence-electron chi connectivity index (χ1n) is 5.98. The van der Waals surface area contributed by atoms with Crippen molar-refractivity contribution in [2.24, 2.45) is 0 Å². The highest BCUT2D eigenvalue weighted by Gasteiger charge is 2.17. The minimum atomic E-state index is -0.263. The third kappa shape index (κ3) is 1.84. The third-order valence-corrected chi connectivity index (χ3v) is 3.19. The highest BCUT2D eigenvalue weighted by Crippen LogP contribution is 2.15. The van der Waals surface area contributed by atoms with Crippen LogP contribution < -0.4 is 11.2 Å². The maximum Gasteiger partial charge on any atom is 0.328 e. The molecule has 0 bridgehead atoms. The van der Waals surface area contributed by atoms with Crippen molar-refractivity contribution < 1.29 is 0 Å². The number of aromatic nitrogens is 2. The molecule has 0 aromatic carbocycles. The molecular formula is C12H18N2O2. The summed E-state index contributed by atoms with van der Waals surface area (Å²) in [4.78, 5) is 26.8. The molecular weight excluding hydrogens is 204 g/mol. The molecule has 0 atom stereocenters. The van der Waals surface area contributed by atoms with E-state index in [2.05, 4.69) is 4.98 Å². The van der Waals surface area contributed by atoms with E-state index in [0.29, 0.717) is 0 Å². The van der Waals surface area contributed by atoms with Crippen LogP contribution in [0.5, 0.6) is 0 Å². The van der Waals surface area contributed by atoms with Crippen LogP contribution >= 0.6 is 0 Å². The van der Waals surface area contributed by atoms with Gasteiger partial charge in [0.25, 0.3) is 5.56 Å². The van der Waals surface area contributed by atoms with Gasteiger partial charge in [0.15, 0.2) is 0 Å². The van der Waals surface area contributed by atoms with Gasteiger partial charge in [-0.2, -0.15) is 0 Å². The van der Waals surface area contributed by atoms with Crippen molar-refractivity contribution in [3.05, 3.63) is 32.1 Å². The standard InChI is InChI=1S/C12H18N2O2/c1-8(2)14-11(15)9-6-4-3-5-7-10(9)13-12(14)16/h8H,3-7H2,1-2H3,(H,13,16). The van der Waals surface area contributed by atoms with Crippen molar-refractivity contribution in [1.82, 2.24) is 9.55 Å². The molecule has 4 heteroatoms. The molecule has 0 amide bonds. The number of fused-ring (bicyclic) bond motifs is 1. The molecule has 1 aliphatic rings. The van der Waals surface area contributed by atoms with E-state index in [9.17, 15) is 9.59 Å². The fourth-order valence-corrected chi connectivity index (χ4v) is 2.35. The van der Waals surface area contributed by atoms with Crippen molar-refractivity contribution in [3.8, 4) is 0 Å². The number of hydrogen-bond donors (Lipinski definition) is 1. The number of H-pyrrole nitrogens is 1. The number of hydrogen-bond acceptors (Lipinski definition) is 2. The van der Waals surface area contributed by atoms with E-state index in [4.69, 9.17) is 0 Å². The lowest BCUT2D eigenvalue weighted by Gasteiger charge is -2.12. The quantitative estimate of drug-likeness (QED) is 0.730. The molecule has 1 aromatic rings. The zero-order chi connectivity index (χ0) is 11.7. The predicted molar refractivity (Wildman–Crippen MR) is 63.0 cm³/mol. The third-order valence-electron chi connectivity index (χ3n) is 3.19. The van der Waals surface area contributed by atoms with Crippen LogP contribution in [0.15, 0.2) is 9.59 Å². The topological polar surface area (TPSA) is 54.9 Å². The summed E-state index contributed by atoms with van der Waals surface area (Å²) in [6, 6.07) is -0.0789. The van der Waals surface area contributed by atoms with Crippen molar-refractivity contribution >= 4 is 0 Å². The van der Waals surface area contributed by atoms with Gasteiger partial charge in [0.1, 0.15) is 0 Å². The minimum Gasteiger partial charge on any atom is -0.311 e. The number of rotatable bonds is 1. The van der Waals surface area contributed by atoms with Gasteiger partial charge >= 0.3 is 5.69 Å². The van der Waals surface area contributed by atoms with Gasteiger partial charge < -0.3 is 4.98 Å². The van der Waals surface area contributed by atoms with E-state index in [-0.39, 0.29) is 17.3 Å². The Morgan fingerprint density at radius 3 is 2.50 bits per heavy atom. The molecule has 0 fully saturated rings. The SMILES string of the molecule is CC(C)n1c(=O)[nH]c2c(c1=O)CCCCC2. The summed E-state index contributed by atoms with van der Waals surface area (Å²) in [5, 5.41) is 0. The van der Waals surface area contributed by atoms with Gasteiger partial charge in [0.2, 0.25) is 0 Å². The average Bonchev–Trinajstić information content (AvgIpc) is 2.42. The largest absolute Gasteiger partial charge is 0.328 e. The Morgan fingerprint density at radius 1 is 1.12 bits per heavy atom. The lowest BCUT2D eigenvalue weighted by molar-refractivity contribution is 0.536. The van der Waals surface area contributed by atoms with Crippen molar-refractivity contribution in [1.29, 1.82) is 0 Å². The molecule has 4 nitrogen and oxygen atoms in total. The van der Waals surface area contributed by atoms with Gasteiger partial charge in [-0.3, -0.25) is 9.36 Å². The summed E-state index contributed by atoms with van der Waals surface area (Å²) in [5.41, 5.74) is 1.34. The Kier molecular flexibility index (Phi) is 2.99. The predicted octanol–water partition coefficient (Wildman–Crippen LogP) is 1.39. The van der Waals surface area contributed by atoms with E-state index < -0.39 is 0 Å². The maximum absolute atomic E-state index is 12.2. The second-order valence-corrected chi connectivity index (χ2v) is 4.72. The van der Waals surface area contributed by atoms with Crippen LogP contribution in [0.25, 0.3) is 0 Å². The van der Waals surface area contributed by atoms with E-state index in [0.717, 1.165) is 43.4 Å². The molecule has 1 N–H and O–H groups in total. The van der Waals surface area contributed by atoms with Crippen molar-refractivity contribution in [2.75, 3.05) is 0 Å². The first kappa shape index (κ1) is 11.2. The minimum absolute atomic E-state index is 0.0789. The summed E-state index contributed by atoms with van der Waals surface area (Å²) in [6.07, 6.45) is 4.88. The normalized spacial score (nSPS) is 15.9. The fraction of sp³-hybridized carbons (Fsp3) is 0.667. The van der Waals surface area contributed by atoms with Gasteiger partial charge in [-0.25, -0.2) is 4.79 Å².